The van der Waals surface area contributed by atoms with E-state index in [9.17, 15) is 79.0 Å². The summed E-state index contributed by atoms with van der Waals surface area (Å²) < 4.78 is 246. The summed E-state index contributed by atoms with van der Waals surface area (Å²) in [6.07, 6.45) is -35.4. The third-order valence-corrected chi connectivity index (χ3v) is 6.16. The summed E-state index contributed by atoms with van der Waals surface area (Å²) in [5, 5.41) is -9.17. The summed E-state index contributed by atoms with van der Waals surface area (Å²) in [5.41, 5.74) is -15.1. The summed E-state index contributed by atoms with van der Waals surface area (Å²) in [5.74, 6) is 0. The largest absolute Gasteiger partial charge is 0.417 e. The number of alkyl halides is 18. The molecule has 0 bridgehead atoms. The van der Waals surface area contributed by atoms with Crippen LogP contribution in [-0.2, 0) is 37.1 Å². The van der Waals surface area contributed by atoms with Gasteiger partial charge in [-0.05, 0) is 63.3 Å². The van der Waals surface area contributed by atoms with Crippen LogP contribution >= 0.6 is 0 Å². The SMILES string of the molecule is FC(F)(F)c1cc(C(F)(F)F)c2c(c1)c1cc(C(F)(F)F)c(C(F)(F)F)cc1c1cc(C(F)(F)F)c(C(F)(F)F)cc12. The van der Waals surface area contributed by atoms with Crippen LogP contribution in [0.1, 0.15) is 33.4 Å². The molecular weight excluding hydrogens is 630 g/mol. The van der Waals surface area contributed by atoms with E-state index in [1.165, 1.54) is 0 Å². The van der Waals surface area contributed by atoms with E-state index in [1.54, 1.807) is 0 Å². The van der Waals surface area contributed by atoms with Gasteiger partial charge in [0, 0.05) is 5.39 Å². The molecule has 4 aromatic rings. The standard InChI is InChI=1S/C24H6F18/c25-19(26,27)7-1-11-9-4-14(21(31,32)33)13(20(28,29)30)3-8(9)10-5-15(22(34,35)36)16(23(37,38)39)6-12(10)18(11)17(2-7)24(40,41)42/h1-6H. The van der Waals surface area contributed by atoms with Crippen molar-refractivity contribution in [2.45, 2.75) is 37.1 Å². The molecule has 0 aliphatic rings. The fraction of sp³-hybridized carbons (Fsp3) is 0.250. The minimum Gasteiger partial charge on any atom is -0.166 e. The van der Waals surface area contributed by atoms with E-state index in [2.05, 4.69) is 0 Å². The maximum absolute atomic E-state index is 14.0. The van der Waals surface area contributed by atoms with Gasteiger partial charge in [0.05, 0.1) is 33.4 Å². The van der Waals surface area contributed by atoms with Crippen molar-refractivity contribution >= 4 is 32.3 Å². The second-order valence-electron chi connectivity index (χ2n) is 8.82. The molecular formula is C24H6F18. The van der Waals surface area contributed by atoms with Crippen molar-refractivity contribution in [1.82, 2.24) is 0 Å². The van der Waals surface area contributed by atoms with E-state index in [1.807, 2.05) is 0 Å². The Bertz CT molecular complexity index is 1670. The van der Waals surface area contributed by atoms with Crippen molar-refractivity contribution in [3.05, 3.63) is 69.8 Å². The normalized spacial score (nSPS) is 14.4. The lowest BCUT2D eigenvalue weighted by Gasteiger charge is -2.23. The number of hydrogen-bond acceptors (Lipinski definition) is 0. The lowest BCUT2D eigenvalue weighted by atomic mass is 9.86. The van der Waals surface area contributed by atoms with E-state index >= 15 is 0 Å². The zero-order valence-electron chi connectivity index (χ0n) is 19.3. The van der Waals surface area contributed by atoms with Gasteiger partial charge >= 0.3 is 37.1 Å². The van der Waals surface area contributed by atoms with E-state index in [4.69, 9.17) is 0 Å². The Balaban J connectivity index is 2.50. The molecule has 0 aliphatic heterocycles. The minimum atomic E-state index is -5.97. The third kappa shape index (κ3) is 5.34. The van der Waals surface area contributed by atoms with Crippen LogP contribution in [0, 0.1) is 0 Å². The van der Waals surface area contributed by atoms with Crippen molar-refractivity contribution in [1.29, 1.82) is 0 Å². The summed E-state index contributed by atoms with van der Waals surface area (Å²) in [6, 6.07) is -2.93. The second-order valence-corrected chi connectivity index (χ2v) is 8.82. The number of fused-ring (bicyclic) bond motifs is 6. The number of hydrogen-bond donors (Lipinski definition) is 0. The highest BCUT2D eigenvalue weighted by Crippen LogP contribution is 2.51. The Kier molecular flexibility index (Phi) is 6.68. The van der Waals surface area contributed by atoms with Crippen molar-refractivity contribution in [3.8, 4) is 0 Å². The molecule has 0 aromatic heterocycles. The lowest BCUT2D eigenvalue weighted by Crippen LogP contribution is -2.18. The molecule has 0 unspecified atom stereocenters. The van der Waals surface area contributed by atoms with Crippen LogP contribution in [0.15, 0.2) is 36.4 Å². The third-order valence-electron chi connectivity index (χ3n) is 6.16. The molecule has 0 N–H and O–H groups in total. The molecule has 0 amide bonds. The molecule has 0 spiro atoms. The van der Waals surface area contributed by atoms with Gasteiger partial charge in [0.2, 0.25) is 0 Å². The Hall–Kier alpha value is -3.60. The van der Waals surface area contributed by atoms with Crippen molar-refractivity contribution < 1.29 is 79.0 Å². The van der Waals surface area contributed by atoms with Crippen LogP contribution in [0.5, 0.6) is 0 Å². The number of rotatable bonds is 0. The first-order chi connectivity index (χ1) is 18.6. The summed E-state index contributed by atoms with van der Waals surface area (Å²) in [6.45, 7) is 0. The molecule has 4 aromatic carbocycles. The Morgan fingerprint density at radius 2 is 0.524 bits per heavy atom. The maximum atomic E-state index is 14.0. The van der Waals surface area contributed by atoms with Gasteiger partial charge in [-0.3, -0.25) is 0 Å². The number of benzene rings is 4. The van der Waals surface area contributed by atoms with Gasteiger partial charge in [-0.15, -0.1) is 0 Å². The van der Waals surface area contributed by atoms with Crippen LogP contribution in [0.2, 0.25) is 0 Å². The molecule has 4 rings (SSSR count). The lowest BCUT2D eigenvalue weighted by molar-refractivity contribution is -0.162. The van der Waals surface area contributed by atoms with Crippen LogP contribution in [0.3, 0.4) is 0 Å². The smallest absolute Gasteiger partial charge is 0.166 e. The molecule has 0 nitrogen and oxygen atoms in total. The Morgan fingerprint density at radius 1 is 0.262 bits per heavy atom. The highest BCUT2D eigenvalue weighted by Gasteiger charge is 2.46. The van der Waals surface area contributed by atoms with Crippen LogP contribution < -0.4 is 0 Å². The zero-order chi connectivity index (χ0) is 32.2. The zero-order valence-corrected chi connectivity index (χ0v) is 19.3. The molecule has 18 heteroatoms. The van der Waals surface area contributed by atoms with Gasteiger partial charge < -0.3 is 0 Å². The predicted molar refractivity (Wildman–Crippen MR) is 109 cm³/mol. The molecule has 0 heterocycles. The van der Waals surface area contributed by atoms with E-state index in [0.717, 1.165) is 0 Å². The fourth-order valence-corrected chi connectivity index (χ4v) is 4.54. The average molecular weight is 636 g/mol. The van der Waals surface area contributed by atoms with Crippen molar-refractivity contribution in [2.75, 3.05) is 0 Å². The molecule has 0 radical (unpaired) electrons. The second kappa shape index (κ2) is 8.95. The van der Waals surface area contributed by atoms with Crippen LogP contribution in [0.25, 0.3) is 32.3 Å². The van der Waals surface area contributed by atoms with Gasteiger partial charge in [-0.2, -0.15) is 79.0 Å². The van der Waals surface area contributed by atoms with Crippen molar-refractivity contribution in [3.63, 3.8) is 0 Å². The van der Waals surface area contributed by atoms with Gasteiger partial charge in [0.1, 0.15) is 0 Å². The predicted octanol–water partition coefficient (Wildman–Crippen LogP) is 11.3. The number of halogens is 18. The van der Waals surface area contributed by atoms with Gasteiger partial charge in [0.15, 0.2) is 0 Å². The highest BCUT2D eigenvalue weighted by molar-refractivity contribution is 6.27. The topological polar surface area (TPSA) is 0 Å². The first kappa shape index (κ1) is 31.3. The molecule has 0 saturated heterocycles. The Labute approximate surface area is 219 Å². The molecule has 0 saturated carbocycles. The van der Waals surface area contributed by atoms with Gasteiger partial charge in [0.25, 0.3) is 0 Å². The molecule has 0 fully saturated rings. The first-order valence-corrected chi connectivity index (χ1v) is 10.6. The molecule has 0 atom stereocenters. The average Bonchev–Trinajstić information content (AvgIpc) is 2.78. The quantitative estimate of drug-likeness (QED) is 0.133. The molecule has 42 heavy (non-hydrogen) atoms. The molecule has 0 aliphatic carbocycles. The summed E-state index contributed by atoms with van der Waals surface area (Å²) >= 11 is 0. The first-order valence-electron chi connectivity index (χ1n) is 10.6. The van der Waals surface area contributed by atoms with Crippen molar-refractivity contribution in [2.24, 2.45) is 0 Å². The van der Waals surface area contributed by atoms with E-state index in [-0.39, 0.29) is 6.07 Å². The summed E-state index contributed by atoms with van der Waals surface area (Å²) in [7, 11) is 0. The summed E-state index contributed by atoms with van der Waals surface area (Å²) in [4.78, 5) is 0. The minimum absolute atomic E-state index is 0.245. The molecule has 228 valence electrons. The highest BCUT2D eigenvalue weighted by atomic mass is 19.4. The fourth-order valence-electron chi connectivity index (χ4n) is 4.54. The van der Waals surface area contributed by atoms with Crippen LogP contribution in [0.4, 0.5) is 79.0 Å². The Morgan fingerprint density at radius 3 is 0.810 bits per heavy atom. The maximum Gasteiger partial charge on any atom is 0.417 e. The van der Waals surface area contributed by atoms with E-state index in [0.29, 0.717) is 0 Å². The van der Waals surface area contributed by atoms with Gasteiger partial charge in [-0.1, -0.05) is 0 Å². The van der Waals surface area contributed by atoms with E-state index < -0.39 is 133 Å². The van der Waals surface area contributed by atoms with Crippen LogP contribution in [-0.4, -0.2) is 0 Å². The monoisotopic (exact) mass is 636 g/mol. The van der Waals surface area contributed by atoms with Gasteiger partial charge in [-0.25, -0.2) is 0 Å².